The molecule has 2 bridgehead atoms. The molecule has 2 aliphatic rings. The Balaban J connectivity index is 1.27. The van der Waals surface area contributed by atoms with Crippen LogP contribution in [0, 0.1) is 0 Å². The normalized spacial score (nSPS) is 18.9. The van der Waals surface area contributed by atoms with E-state index in [1.807, 2.05) is 41.4 Å². The highest BCUT2D eigenvalue weighted by Gasteiger charge is 2.44. The van der Waals surface area contributed by atoms with Crippen molar-refractivity contribution in [1.82, 2.24) is 24.5 Å². The molecule has 1 aromatic carbocycles. The van der Waals surface area contributed by atoms with Gasteiger partial charge in [0.05, 0.1) is 47.5 Å². The van der Waals surface area contributed by atoms with E-state index < -0.39 is 0 Å². The maximum Gasteiger partial charge on any atom is 0.227 e. The number of anilines is 3. The number of fused-ring (bicyclic) bond motifs is 3. The summed E-state index contributed by atoms with van der Waals surface area (Å²) in [4.78, 5) is 25.2. The zero-order valence-corrected chi connectivity index (χ0v) is 20.1. The van der Waals surface area contributed by atoms with E-state index in [-0.39, 0.29) is 11.9 Å². The van der Waals surface area contributed by atoms with Crippen LogP contribution in [0.3, 0.4) is 0 Å². The average molecular weight is 490 g/mol. The van der Waals surface area contributed by atoms with Gasteiger partial charge in [-0.1, -0.05) is 17.7 Å². The lowest BCUT2D eigenvalue weighted by molar-refractivity contribution is -0.129. The number of hydrogen-bond donors (Lipinski definition) is 1. The molecule has 0 radical (unpaired) electrons. The fourth-order valence-electron chi connectivity index (χ4n) is 5.18. The van der Waals surface area contributed by atoms with E-state index in [4.69, 9.17) is 16.3 Å². The van der Waals surface area contributed by atoms with Gasteiger partial charge in [0.2, 0.25) is 11.9 Å². The Kier molecular flexibility index (Phi) is 5.21. The molecule has 10 heteroatoms. The largest absolute Gasteiger partial charge is 0.494 e. The third kappa shape index (κ3) is 3.72. The highest BCUT2D eigenvalue weighted by atomic mass is 35.5. The van der Waals surface area contributed by atoms with Crippen LogP contribution in [0.25, 0.3) is 16.8 Å². The molecule has 1 amide bonds. The lowest BCUT2D eigenvalue weighted by Gasteiger charge is -2.35. The topological polar surface area (TPSA) is 87.9 Å². The second-order valence-corrected chi connectivity index (χ2v) is 9.26. The number of methoxy groups -OCH3 is 1. The highest BCUT2D eigenvalue weighted by molar-refractivity contribution is 6.33. The van der Waals surface area contributed by atoms with E-state index in [1.165, 1.54) is 0 Å². The number of pyridine rings is 1. The fraction of sp³-hybridized carbons (Fsp3) is 0.280. The van der Waals surface area contributed by atoms with Gasteiger partial charge in [-0.3, -0.25) is 4.79 Å². The number of likely N-dealkylation sites (tertiary alicyclic amines) is 1. The summed E-state index contributed by atoms with van der Waals surface area (Å²) in [6, 6.07) is 12.5. The van der Waals surface area contributed by atoms with Crippen LogP contribution in [0.15, 0.2) is 55.0 Å². The predicted octanol–water partition coefficient (Wildman–Crippen LogP) is 4.01. The van der Waals surface area contributed by atoms with Crippen molar-refractivity contribution in [1.29, 1.82) is 0 Å². The highest BCUT2D eigenvalue weighted by Crippen LogP contribution is 2.38. The molecule has 9 nitrogen and oxygen atoms in total. The Morgan fingerprint density at radius 1 is 1.17 bits per heavy atom. The summed E-state index contributed by atoms with van der Waals surface area (Å²) in [7, 11) is 1.64. The first-order valence-corrected chi connectivity index (χ1v) is 11.8. The van der Waals surface area contributed by atoms with Crippen LogP contribution in [0.4, 0.5) is 17.3 Å². The minimum atomic E-state index is 0.153. The van der Waals surface area contributed by atoms with Crippen molar-refractivity contribution in [2.45, 2.75) is 25.4 Å². The monoisotopic (exact) mass is 489 g/mol. The van der Waals surface area contributed by atoms with Crippen molar-refractivity contribution in [3.05, 3.63) is 60.0 Å². The summed E-state index contributed by atoms with van der Waals surface area (Å²) in [5.74, 6) is 1.24. The number of nitrogens with zero attached hydrogens (tertiary/aromatic N) is 6. The number of amides is 1. The number of piperazine rings is 1. The van der Waals surface area contributed by atoms with Crippen LogP contribution in [0.5, 0.6) is 5.75 Å². The zero-order valence-electron chi connectivity index (χ0n) is 19.3. The number of hydrogen-bond acceptors (Lipinski definition) is 7. The third-order valence-electron chi connectivity index (χ3n) is 6.83. The summed E-state index contributed by atoms with van der Waals surface area (Å²) >= 11 is 6.46. The quantitative estimate of drug-likeness (QED) is 0.453. The van der Waals surface area contributed by atoms with Crippen molar-refractivity contribution < 1.29 is 9.53 Å². The van der Waals surface area contributed by atoms with Crippen molar-refractivity contribution in [3.8, 4) is 17.0 Å². The molecule has 3 aromatic heterocycles. The number of nitrogens with one attached hydrogen (secondary N) is 1. The average Bonchev–Trinajstić information content (AvgIpc) is 3.60. The molecule has 0 aliphatic carbocycles. The van der Waals surface area contributed by atoms with Gasteiger partial charge in [-0.2, -0.15) is 5.10 Å². The summed E-state index contributed by atoms with van der Waals surface area (Å²) in [5.41, 5.74) is 4.16. The number of ether oxygens (including phenoxy) is 1. The molecule has 0 unspecified atom stereocenters. The number of aromatic nitrogens is 4. The molecule has 178 valence electrons. The number of carbonyl (C=O) groups is 1. The molecule has 35 heavy (non-hydrogen) atoms. The smallest absolute Gasteiger partial charge is 0.227 e. The molecule has 2 fully saturated rings. The van der Waals surface area contributed by atoms with Gasteiger partial charge in [0.15, 0.2) is 0 Å². The maximum absolute atomic E-state index is 11.8. The van der Waals surface area contributed by atoms with E-state index in [2.05, 4.69) is 31.3 Å². The van der Waals surface area contributed by atoms with Gasteiger partial charge in [0, 0.05) is 49.6 Å². The SMILES string of the molecule is COc1cc(N2C[C@H]3C[C@@H]2CN3C(C)=O)ccc1Nc1ncc(Cl)c(-c2cnn3ccccc23)n1. The van der Waals surface area contributed by atoms with E-state index in [0.717, 1.165) is 42.0 Å². The fourth-order valence-corrected chi connectivity index (χ4v) is 5.38. The maximum atomic E-state index is 11.8. The van der Waals surface area contributed by atoms with Gasteiger partial charge in [0.1, 0.15) is 5.75 Å². The Morgan fingerprint density at radius 2 is 2.06 bits per heavy atom. The number of carbonyl (C=O) groups excluding carboxylic acids is 1. The molecule has 1 N–H and O–H groups in total. The van der Waals surface area contributed by atoms with E-state index in [1.54, 1.807) is 30.9 Å². The lowest BCUT2D eigenvalue weighted by atomic mass is 10.2. The van der Waals surface area contributed by atoms with Gasteiger partial charge in [0.25, 0.3) is 0 Å². The molecule has 2 aliphatic heterocycles. The van der Waals surface area contributed by atoms with Crippen LogP contribution in [0.1, 0.15) is 13.3 Å². The Bertz CT molecular complexity index is 1440. The van der Waals surface area contributed by atoms with Gasteiger partial charge in [-0.15, -0.1) is 0 Å². The van der Waals surface area contributed by atoms with Gasteiger partial charge >= 0.3 is 0 Å². The second kappa shape index (κ2) is 8.42. The first-order chi connectivity index (χ1) is 17.0. The summed E-state index contributed by atoms with van der Waals surface area (Å²) in [6.07, 6.45) is 6.22. The van der Waals surface area contributed by atoms with Crippen molar-refractivity contribution in [3.63, 3.8) is 0 Å². The predicted molar refractivity (Wildman–Crippen MR) is 134 cm³/mol. The van der Waals surface area contributed by atoms with Crippen LogP contribution in [-0.4, -0.2) is 62.7 Å². The van der Waals surface area contributed by atoms with Crippen molar-refractivity contribution in [2.24, 2.45) is 0 Å². The van der Waals surface area contributed by atoms with Crippen LogP contribution >= 0.6 is 11.6 Å². The molecule has 5 heterocycles. The summed E-state index contributed by atoms with van der Waals surface area (Å²) in [6.45, 7) is 3.26. The molecule has 0 saturated carbocycles. The Hall–Kier alpha value is -3.85. The summed E-state index contributed by atoms with van der Waals surface area (Å²) in [5, 5.41) is 8.10. The van der Waals surface area contributed by atoms with Crippen LogP contribution in [0.2, 0.25) is 5.02 Å². The van der Waals surface area contributed by atoms with Gasteiger partial charge < -0.3 is 19.9 Å². The van der Waals surface area contributed by atoms with Crippen molar-refractivity contribution >= 4 is 40.3 Å². The molecule has 2 atom stereocenters. The van der Waals surface area contributed by atoms with E-state index in [9.17, 15) is 4.79 Å². The number of rotatable bonds is 5. The number of benzene rings is 1. The third-order valence-corrected chi connectivity index (χ3v) is 7.11. The lowest BCUT2D eigenvalue weighted by Crippen LogP contribution is -2.48. The second-order valence-electron chi connectivity index (χ2n) is 8.86. The van der Waals surface area contributed by atoms with Gasteiger partial charge in [-0.25, -0.2) is 14.5 Å². The molecule has 2 saturated heterocycles. The van der Waals surface area contributed by atoms with E-state index in [0.29, 0.717) is 28.5 Å². The first kappa shape index (κ1) is 21.7. The summed E-state index contributed by atoms with van der Waals surface area (Å²) < 4.78 is 7.47. The molecule has 6 rings (SSSR count). The van der Waals surface area contributed by atoms with Crippen molar-refractivity contribution in [2.75, 3.05) is 30.4 Å². The Labute approximate surface area is 207 Å². The number of halogens is 1. The minimum Gasteiger partial charge on any atom is -0.494 e. The first-order valence-electron chi connectivity index (χ1n) is 11.5. The van der Waals surface area contributed by atoms with Crippen LogP contribution < -0.4 is 15.0 Å². The standard InChI is InChI=1S/C25H24ClN7O2/c1-15(34)31-13-18-9-17(31)14-32(18)16-6-7-21(23(10-16)35-2)29-25-27-12-20(26)24(30-25)19-11-28-33-8-4-3-5-22(19)33/h3-8,10-12,17-18H,9,13-14H2,1-2H3,(H,27,29,30)/t17-,18-/m1/s1. The minimum absolute atomic E-state index is 0.153. The zero-order chi connectivity index (χ0) is 24.1. The van der Waals surface area contributed by atoms with Crippen LogP contribution in [-0.2, 0) is 4.79 Å². The van der Waals surface area contributed by atoms with Gasteiger partial charge in [-0.05, 0) is 30.7 Å². The molecule has 4 aromatic rings. The molecular weight excluding hydrogens is 466 g/mol. The molecule has 0 spiro atoms. The Morgan fingerprint density at radius 3 is 2.83 bits per heavy atom. The van der Waals surface area contributed by atoms with E-state index >= 15 is 0 Å². The molecular formula is C25H24ClN7O2.